The topological polar surface area (TPSA) is 63.8 Å². The van der Waals surface area contributed by atoms with Crippen LogP contribution in [-0.2, 0) is 0 Å². The van der Waals surface area contributed by atoms with Gasteiger partial charge in [0.15, 0.2) is 5.82 Å². The first-order valence-corrected chi connectivity index (χ1v) is 8.57. The number of nitrogens with two attached hydrogens (primary N) is 1. The maximum Gasteiger partial charge on any atom is 0.224 e. The van der Waals surface area contributed by atoms with Gasteiger partial charge in [-0.2, -0.15) is 4.98 Å². The average molecular weight is 343 g/mol. The number of hydrazine groups is 1. The van der Waals surface area contributed by atoms with Gasteiger partial charge in [-0.15, -0.1) is 11.8 Å². The Kier molecular flexibility index (Phi) is 4.81. The lowest BCUT2D eigenvalue weighted by Crippen LogP contribution is -2.11. The molecule has 0 spiro atoms. The van der Waals surface area contributed by atoms with Crippen LogP contribution < -0.4 is 11.3 Å². The van der Waals surface area contributed by atoms with E-state index in [1.54, 1.807) is 11.8 Å². The first kappa shape index (κ1) is 15.8. The number of nitrogen functional groups attached to an aromatic ring is 1. The summed E-state index contributed by atoms with van der Waals surface area (Å²) in [5, 5.41) is 0.154. The summed E-state index contributed by atoms with van der Waals surface area (Å²) in [7, 11) is 0. The van der Waals surface area contributed by atoms with Crippen molar-refractivity contribution in [2.24, 2.45) is 5.84 Å². The molecular weight excluding hydrogens is 328 g/mol. The van der Waals surface area contributed by atoms with E-state index in [-0.39, 0.29) is 5.28 Å². The molecule has 0 aliphatic rings. The van der Waals surface area contributed by atoms with Gasteiger partial charge in [-0.05, 0) is 35.6 Å². The zero-order valence-electron chi connectivity index (χ0n) is 12.5. The van der Waals surface area contributed by atoms with E-state index in [0.29, 0.717) is 5.82 Å². The number of hydrogen-bond donors (Lipinski definition) is 2. The molecule has 0 atom stereocenters. The second kappa shape index (κ2) is 7.00. The van der Waals surface area contributed by atoms with E-state index in [1.807, 2.05) is 48.7 Å². The predicted molar refractivity (Wildman–Crippen MR) is 97.5 cm³/mol. The fourth-order valence-electron chi connectivity index (χ4n) is 2.37. The molecule has 3 rings (SSSR count). The standard InChI is InChI=1S/C17H15ClN4S/c1-23-13-9-7-11(8-10-13)14-15(12-5-3-2-4-6-12)20-17(18)21-16(14)22-19/h2-10H,19H2,1H3,(H,20,21,22). The second-order valence-corrected chi connectivity index (χ2v) is 6.02. The number of hydrogen-bond acceptors (Lipinski definition) is 5. The van der Waals surface area contributed by atoms with Crippen LogP contribution in [0.3, 0.4) is 0 Å². The molecule has 0 radical (unpaired) electrons. The number of benzene rings is 2. The summed E-state index contributed by atoms with van der Waals surface area (Å²) in [5.74, 6) is 6.16. The summed E-state index contributed by atoms with van der Waals surface area (Å²) in [4.78, 5) is 9.82. The number of nitrogens with one attached hydrogen (secondary N) is 1. The van der Waals surface area contributed by atoms with Gasteiger partial charge < -0.3 is 5.43 Å². The summed E-state index contributed by atoms with van der Waals surface area (Å²) in [5.41, 5.74) is 6.14. The minimum atomic E-state index is 0.154. The fourth-order valence-corrected chi connectivity index (χ4v) is 2.95. The number of anilines is 1. The van der Waals surface area contributed by atoms with Gasteiger partial charge in [-0.3, -0.25) is 0 Å². The van der Waals surface area contributed by atoms with Gasteiger partial charge in [0, 0.05) is 10.5 Å². The Morgan fingerprint density at radius 3 is 2.26 bits per heavy atom. The van der Waals surface area contributed by atoms with Gasteiger partial charge in [0.1, 0.15) is 0 Å². The molecular formula is C17H15ClN4S. The van der Waals surface area contributed by atoms with Gasteiger partial charge >= 0.3 is 0 Å². The Hall–Kier alpha value is -2.08. The Morgan fingerprint density at radius 2 is 1.65 bits per heavy atom. The molecule has 23 heavy (non-hydrogen) atoms. The zero-order valence-corrected chi connectivity index (χ0v) is 14.0. The van der Waals surface area contributed by atoms with E-state index < -0.39 is 0 Å². The van der Waals surface area contributed by atoms with Crippen molar-refractivity contribution in [1.82, 2.24) is 9.97 Å². The average Bonchev–Trinajstić information content (AvgIpc) is 2.62. The predicted octanol–water partition coefficient (Wildman–Crippen LogP) is 4.47. The van der Waals surface area contributed by atoms with Crippen molar-refractivity contribution in [2.45, 2.75) is 4.90 Å². The molecule has 116 valence electrons. The largest absolute Gasteiger partial charge is 0.308 e. The van der Waals surface area contributed by atoms with Crippen LogP contribution in [0.2, 0.25) is 5.28 Å². The number of halogens is 1. The van der Waals surface area contributed by atoms with Crippen LogP contribution in [0.5, 0.6) is 0 Å². The van der Waals surface area contributed by atoms with Crippen molar-refractivity contribution in [1.29, 1.82) is 0 Å². The summed E-state index contributed by atoms with van der Waals surface area (Å²) in [6.07, 6.45) is 2.04. The van der Waals surface area contributed by atoms with Crippen molar-refractivity contribution in [3.63, 3.8) is 0 Å². The molecule has 0 amide bonds. The van der Waals surface area contributed by atoms with Crippen LogP contribution in [0, 0.1) is 0 Å². The highest BCUT2D eigenvalue weighted by Crippen LogP contribution is 2.36. The van der Waals surface area contributed by atoms with Gasteiger partial charge in [0.2, 0.25) is 5.28 Å². The SMILES string of the molecule is CSc1ccc(-c2c(NN)nc(Cl)nc2-c2ccccc2)cc1. The van der Waals surface area contributed by atoms with Gasteiger partial charge in [-0.25, -0.2) is 10.8 Å². The molecule has 1 aromatic heterocycles. The molecule has 0 aliphatic carbocycles. The minimum absolute atomic E-state index is 0.154. The molecule has 0 unspecified atom stereocenters. The normalized spacial score (nSPS) is 10.6. The molecule has 3 N–H and O–H groups in total. The van der Waals surface area contributed by atoms with Gasteiger partial charge in [0.25, 0.3) is 0 Å². The number of aromatic nitrogens is 2. The monoisotopic (exact) mass is 342 g/mol. The molecule has 0 bridgehead atoms. The molecule has 6 heteroatoms. The summed E-state index contributed by atoms with van der Waals surface area (Å²) in [6.45, 7) is 0. The quantitative estimate of drug-likeness (QED) is 0.317. The Balaban J connectivity index is 2.24. The van der Waals surface area contributed by atoms with Gasteiger partial charge in [0.05, 0.1) is 11.3 Å². The van der Waals surface area contributed by atoms with E-state index in [1.165, 1.54) is 4.90 Å². The lowest BCUT2D eigenvalue weighted by molar-refractivity contribution is 1.14. The van der Waals surface area contributed by atoms with Crippen LogP contribution in [0.25, 0.3) is 22.4 Å². The zero-order chi connectivity index (χ0) is 16.2. The second-order valence-electron chi connectivity index (χ2n) is 4.80. The third kappa shape index (κ3) is 3.32. The number of thioether (sulfide) groups is 1. The van der Waals surface area contributed by atoms with Crippen molar-refractivity contribution < 1.29 is 0 Å². The van der Waals surface area contributed by atoms with Crippen LogP contribution in [0.1, 0.15) is 0 Å². The summed E-state index contributed by atoms with van der Waals surface area (Å²) in [6, 6.07) is 18.0. The third-order valence-corrected chi connectivity index (χ3v) is 4.36. The highest BCUT2D eigenvalue weighted by molar-refractivity contribution is 7.98. The van der Waals surface area contributed by atoms with E-state index in [2.05, 4.69) is 27.5 Å². The maximum absolute atomic E-state index is 6.06. The van der Waals surface area contributed by atoms with Crippen LogP contribution in [0.4, 0.5) is 5.82 Å². The molecule has 0 fully saturated rings. The third-order valence-electron chi connectivity index (χ3n) is 3.44. The fraction of sp³-hybridized carbons (Fsp3) is 0.0588. The first-order chi connectivity index (χ1) is 11.2. The van der Waals surface area contributed by atoms with Crippen molar-refractivity contribution in [3.05, 3.63) is 59.9 Å². The Labute approximate surface area is 144 Å². The van der Waals surface area contributed by atoms with E-state index >= 15 is 0 Å². The maximum atomic E-state index is 6.06. The number of rotatable bonds is 4. The molecule has 1 heterocycles. The van der Waals surface area contributed by atoms with Crippen molar-refractivity contribution in [2.75, 3.05) is 11.7 Å². The molecule has 3 aromatic rings. The minimum Gasteiger partial charge on any atom is -0.308 e. The Morgan fingerprint density at radius 1 is 0.957 bits per heavy atom. The first-order valence-electron chi connectivity index (χ1n) is 6.97. The highest BCUT2D eigenvalue weighted by atomic mass is 35.5. The van der Waals surface area contributed by atoms with E-state index in [0.717, 1.165) is 22.4 Å². The van der Waals surface area contributed by atoms with Gasteiger partial charge in [-0.1, -0.05) is 42.5 Å². The summed E-state index contributed by atoms with van der Waals surface area (Å²) >= 11 is 7.76. The molecule has 0 aliphatic heterocycles. The number of nitrogens with zero attached hydrogens (tertiary/aromatic N) is 2. The van der Waals surface area contributed by atoms with E-state index in [4.69, 9.17) is 17.4 Å². The molecule has 0 saturated carbocycles. The molecule has 4 nitrogen and oxygen atoms in total. The summed E-state index contributed by atoms with van der Waals surface area (Å²) < 4.78 is 0. The Bertz CT molecular complexity index is 807. The van der Waals surface area contributed by atoms with Crippen molar-refractivity contribution >= 4 is 29.2 Å². The van der Waals surface area contributed by atoms with Crippen LogP contribution in [-0.4, -0.2) is 16.2 Å². The smallest absolute Gasteiger partial charge is 0.224 e. The lowest BCUT2D eigenvalue weighted by atomic mass is 10.00. The lowest BCUT2D eigenvalue weighted by Gasteiger charge is -2.14. The van der Waals surface area contributed by atoms with E-state index in [9.17, 15) is 0 Å². The van der Waals surface area contributed by atoms with Crippen LogP contribution in [0.15, 0.2) is 59.5 Å². The highest BCUT2D eigenvalue weighted by Gasteiger charge is 2.16. The molecule has 2 aromatic carbocycles. The van der Waals surface area contributed by atoms with Crippen LogP contribution >= 0.6 is 23.4 Å². The molecule has 0 saturated heterocycles. The van der Waals surface area contributed by atoms with Crippen molar-refractivity contribution in [3.8, 4) is 22.4 Å².